The lowest BCUT2D eigenvalue weighted by Crippen LogP contribution is -2.20. The van der Waals surface area contributed by atoms with Gasteiger partial charge in [-0.1, -0.05) is 25.1 Å². The number of hydrogen-bond acceptors (Lipinski definition) is 6. The molecule has 5 N–H and O–H groups in total. The molecule has 0 radical (unpaired) electrons. The van der Waals surface area contributed by atoms with Gasteiger partial charge >= 0.3 is 12.8 Å². The summed E-state index contributed by atoms with van der Waals surface area (Å²) in [5.41, 5.74) is 6.52. The number of nitrogens with two attached hydrogens (primary N) is 2. The van der Waals surface area contributed by atoms with Crippen LogP contribution in [-0.2, 0) is 11.9 Å². The van der Waals surface area contributed by atoms with E-state index in [1.165, 1.54) is 42.1 Å². The van der Waals surface area contributed by atoms with E-state index in [0.717, 1.165) is 17.0 Å². The van der Waals surface area contributed by atoms with E-state index in [-0.39, 0.29) is 5.75 Å². The number of alkyl halides is 5. The summed E-state index contributed by atoms with van der Waals surface area (Å²) in [4.78, 5) is 0.720. The third-order valence-corrected chi connectivity index (χ3v) is 5.41. The highest BCUT2D eigenvalue weighted by molar-refractivity contribution is 8.02. The van der Waals surface area contributed by atoms with Crippen LogP contribution >= 0.6 is 11.8 Å². The van der Waals surface area contributed by atoms with Gasteiger partial charge in [0.1, 0.15) is 17.6 Å². The van der Waals surface area contributed by atoms with E-state index in [1.807, 2.05) is 6.92 Å². The SMILES string of the molecule is CCC(Oc1cccc(OC(F)F)c1)/C(SCc1ccc(C(F)(F)F)cc1)=C(\C)N.NO. The predicted octanol–water partition coefficient (Wildman–Crippen LogP) is 5.92. The zero-order valence-electron chi connectivity index (χ0n) is 17.4. The van der Waals surface area contributed by atoms with Crippen LogP contribution in [0, 0.1) is 0 Å². The molecule has 1 atom stereocenters. The summed E-state index contributed by atoms with van der Waals surface area (Å²) >= 11 is 1.36. The number of ether oxygens (including phenoxy) is 2. The van der Waals surface area contributed by atoms with Crippen LogP contribution in [0.2, 0.25) is 0 Å². The number of allylic oxidation sites excluding steroid dienone is 1. The Morgan fingerprint density at radius 3 is 2.06 bits per heavy atom. The zero-order valence-corrected chi connectivity index (χ0v) is 18.2. The van der Waals surface area contributed by atoms with Gasteiger partial charge in [0.2, 0.25) is 0 Å². The molecule has 1 unspecified atom stereocenters. The number of rotatable bonds is 9. The fraction of sp³-hybridized carbons (Fsp3) is 0.333. The summed E-state index contributed by atoms with van der Waals surface area (Å²) in [6, 6.07) is 10.8. The molecule has 5 nitrogen and oxygen atoms in total. The van der Waals surface area contributed by atoms with Gasteiger partial charge in [0, 0.05) is 22.4 Å². The highest BCUT2D eigenvalue weighted by Crippen LogP contribution is 2.33. The Kier molecular flexibility index (Phi) is 11.3. The van der Waals surface area contributed by atoms with Crippen LogP contribution in [0.3, 0.4) is 0 Å². The van der Waals surface area contributed by atoms with Crippen LogP contribution in [0.15, 0.2) is 59.1 Å². The maximum Gasteiger partial charge on any atom is 0.416 e. The van der Waals surface area contributed by atoms with Crippen LogP contribution in [-0.4, -0.2) is 17.9 Å². The Hall–Kier alpha value is -2.50. The molecule has 11 heteroatoms. The first kappa shape index (κ1) is 27.5. The Balaban J connectivity index is 0.00000249. The van der Waals surface area contributed by atoms with Gasteiger partial charge in [-0.2, -0.15) is 22.0 Å². The molecule has 0 aliphatic rings. The Labute approximate surface area is 187 Å². The van der Waals surface area contributed by atoms with Crippen LogP contribution in [0.4, 0.5) is 22.0 Å². The molecule has 0 aliphatic carbocycles. The molecule has 0 heterocycles. The Bertz CT molecular complexity index is 857. The van der Waals surface area contributed by atoms with Gasteiger partial charge in [0.15, 0.2) is 0 Å². The Morgan fingerprint density at radius 2 is 1.59 bits per heavy atom. The molecule has 0 aliphatic heterocycles. The summed E-state index contributed by atoms with van der Waals surface area (Å²) in [5.74, 6) is 4.22. The molecule has 32 heavy (non-hydrogen) atoms. The third kappa shape index (κ3) is 8.93. The summed E-state index contributed by atoms with van der Waals surface area (Å²) in [6.45, 7) is 0.645. The van der Waals surface area contributed by atoms with Crippen molar-refractivity contribution in [2.45, 2.75) is 44.9 Å². The molecule has 0 aromatic heterocycles. The van der Waals surface area contributed by atoms with E-state index in [4.69, 9.17) is 15.7 Å². The molecular weight excluding hydrogens is 455 g/mol. The van der Waals surface area contributed by atoms with Gasteiger partial charge in [-0.05, 0) is 43.2 Å². The molecule has 0 saturated carbocycles. The summed E-state index contributed by atoms with van der Waals surface area (Å²) in [6.07, 6.45) is -4.28. The second-order valence-corrected chi connectivity index (χ2v) is 7.42. The first-order valence-electron chi connectivity index (χ1n) is 9.32. The van der Waals surface area contributed by atoms with Crippen molar-refractivity contribution in [2.24, 2.45) is 11.6 Å². The second-order valence-electron chi connectivity index (χ2n) is 6.40. The van der Waals surface area contributed by atoms with E-state index >= 15 is 0 Å². The average molecular weight is 480 g/mol. The average Bonchev–Trinajstić information content (AvgIpc) is 2.73. The normalized spacial score (nSPS) is 13.1. The predicted molar refractivity (Wildman–Crippen MR) is 113 cm³/mol. The van der Waals surface area contributed by atoms with Gasteiger partial charge in [-0.15, -0.1) is 11.8 Å². The molecule has 2 rings (SSSR count). The maximum atomic E-state index is 12.7. The van der Waals surface area contributed by atoms with E-state index in [0.29, 0.717) is 29.2 Å². The number of benzene rings is 2. The quantitative estimate of drug-likeness (QED) is 0.305. The van der Waals surface area contributed by atoms with Crippen molar-refractivity contribution in [1.29, 1.82) is 0 Å². The number of halogens is 5. The fourth-order valence-corrected chi connectivity index (χ4v) is 3.76. The summed E-state index contributed by atoms with van der Waals surface area (Å²) < 4.78 is 73.2. The molecule has 0 saturated heterocycles. The third-order valence-electron chi connectivity index (χ3n) is 4.04. The molecule has 0 spiro atoms. The number of thioether (sulfide) groups is 1. The van der Waals surface area contributed by atoms with Gasteiger partial charge in [-0.25, -0.2) is 5.90 Å². The van der Waals surface area contributed by atoms with Crippen LogP contribution in [0.5, 0.6) is 11.5 Å². The maximum absolute atomic E-state index is 12.7. The van der Waals surface area contributed by atoms with Gasteiger partial charge in [0.25, 0.3) is 0 Å². The molecule has 0 bridgehead atoms. The molecular formula is C21H25F5N2O3S. The van der Waals surface area contributed by atoms with Crippen molar-refractivity contribution in [3.05, 3.63) is 70.3 Å². The lowest BCUT2D eigenvalue weighted by Gasteiger charge is -2.22. The van der Waals surface area contributed by atoms with Crippen LogP contribution in [0.25, 0.3) is 0 Å². The standard InChI is InChI=1S/C21H22F5NO2S.H3NO/c1-3-18(28-16-5-4-6-17(11-16)29-20(22)23)19(13(2)27)30-12-14-7-9-15(10-8-14)21(24,25)26;1-2/h4-11,18,20H,3,12,27H2,1-2H3;2H,1H2/b19-13-;. The molecule has 0 amide bonds. The lowest BCUT2D eigenvalue weighted by molar-refractivity contribution is -0.137. The monoisotopic (exact) mass is 480 g/mol. The minimum absolute atomic E-state index is 0.0234. The smallest absolute Gasteiger partial charge is 0.416 e. The van der Waals surface area contributed by atoms with Crippen LogP contribution in [0.1, 0.15) is 31.4 Å². The first-order chi connectivity index (χ1) is 15.1. The van der Waals surface area contributed by atoms with Gasteiger partial charge in [0.05, 0.1) is 5.56 Å². The lowest BCUT2D eigenvalue weighted by atomic mass is 10.1. The summed E-state index contributed by atoms with van der Waals surface area (Å²) in [7, 11) is 0. The van der Waals surface area contributed by atoms with Crippen molar-refractivity contribution in [3.63, 3.8) is 0 Å². The second kappa shape index (κ2) is 13.1. The minimum atomic E-state index is -4.38. The molecule has 2 aromatic rings. The van der Waals surface area contributed by atoms with E-state index in [1.54, 1.807) is 13.0 Å². The van der Waals surface area contributed by atoms with E-state index in [2.05, 4.69) is 10.6 Å². The minimum Gasteiger partial charge on any atom is -0.485 e. The highest BCUT2D eigenvalue weighted by atomic mass is 32.2. The van der Waals surface area contributed by atoms with Crippen LogP contribution < -0.4 is 21.1 Å². The van der Waals surface area contributed by atoms with Crippen molar-refractivity contribution in [1.82, 2.24) is 0 Å². The van der Waals surface area contributed by atoms with Gasteiger partial charge in [-0.3, -0.25) is 0 Å². The van der Waals surface area contributed by atoms with Gasteiger partial charge < -0.3 is 20.4 Å². The van der Waals surface area contributed by atoms with E-state index < -0.39 is 24.5 Å². The largest absolute Gasteiger partial charge is 0.485 e. The van der Waals surface area contributed by atoms with Crippen molar-refractivity contribution >= 4 is 11.8 Å². The Morgan fingerprint density at radius 1 is 1.03 bits per heavy atom. The molecule has 0 fully saturated rings. The van der Waals surface area contributed by atoms with E-state index in [9.17, 15) is 22.0 Å². The zero-order chi connectivity index (χ0) is 24.3. The number of hydrogen-bond donors (Lipinski definition) is 3. The molecule has 178 valence electrons. The highest BCUT2D eigenvalue weighted by Gasteiger charge is 2.30. The van der Waals surface area contributed by atoms with Crippen molar-refractivity contribution in [3.8, 4) is 11.5 Å². The van der Waals surface area contributed by atoms with Crippen molar-refractivity contribution < 1.29 is 36.6 Å². The van der Waals surface area contributed by atoms with Crippen molar-refractivity contribution in [2.75, 3.05) is 0 Å². The molecule has 2 aromatic carbocycles. The summed E-state index contributed by atoms with van der Waals surface area (Å²) in [5, 5.41) is 6.50. The first-order valence-corrected chi connectivity index (χ1v) is 10.3. The topological polar surface area (TPSA) is 90.7 Å². The fourth-order valence-electron chi connectivity index (χ4n) is 2.62.